The molecule has 0 aromatic carbocycles. The second-order valence-corrected chi connectivity index (χ2v) is 5.01. The molecule has 0 aliphatic heterocycles. The average Bonchev–Trinajstić information content (AvgIpc) is 2.19. The summed E-state index contributed by atoms with van der Waals surface area (Å²) in [5.41, 5.74) is -0.273. The molecule has 0 saturated heterocycles. The zero-order chi connectivity index (χ0) is 11.5. The van der Waals surface area contributed by atoms with Crippen LogP contribution in [0.4, 0.5) is 5.82 Å². The summed E-state index contributed by atoms with van der Waals surface area (Å²) < 4.78 is 0. The lowest BCUT2D eigenvalue weighted by Crippen LogP contribution is -2.42. The van der Waals surface area contributed by atoms with Gasteiger partial charge < -0.3 is 9.88 Å². The van der Waals surface area contributed by atoms with Crippen LogP contribution < -0.4 is 10.5 Å². The van der Waals surface area contributed by atoms with Crippen molar-refractivity contribution in [2.24, 2.45) is 0 Å². The second kappa shape index (κ2) is 5.19. The number of H-pyrrole nitrogens is 1. The van der Waals surface area contributed by atoms with Crippen molar-refractivity contribution in [3.05, 3.63) is 21.7 Å². The molecular weight excluding hydrogens is 293 g/mol. The largest absolute Gasteiger partial charge is 0.351 e. The summed E-state index contributed by atoms with van der Waals surface area (Å²) in [6.07, 6.45) is 4.95. The molecule has 0 spiro atoms. The van der Waals surface area contributed by atoms with Gasteiger partial charge in [0.15, 0.2) is 5.82 Å². The molecule has 1 aliphatic carbocycles. The minimum Gasteiger partial charge on any atom is -0.351 e. The lowest BCUT2D eigenvalue weighted by Gasteiger charge is -2.38. The van der Waals surface area contributed by atoms with Crippen molar-refractivity contribution in [1.82, 2.24) is 9.97 Å². The number of alkyl halides is 1. The number of anilines is 1. The molecule has 0 bridgehead atoms. The first-order chi connectivity index (χ1) is 7.74. The van der Waals surface area contributed by atoms with E-state index in [0.717, 1.165) is 24.7 Å². The van der Waals surface area contributed by atoms with E-state index in [9.17, 15) is 4.79 Å². The Morgan fingerprint density at radius 2 is 2.38 bits per heavy atom. The molecule has 1 heterocycles. The predicted octanol–water partition coefficient (Wildman–Crippen LogP) is 2.18. The van der Waals surface area contributed by atoms with E-state index in [4.69, 9.17) is 11.6 Å². The highest BCUT2D eigenvalue weighted by Gasteiger charge is 2.27. The maximum absolute atomic E-state index is 11.4. The standard InChI is InChI=1S/C10H13BrClN3O/c11-4-5-15(7-2-1-3-7)9-8(12)10(16)14-6-13-9/h6-7H,1-5H2,(H,13,14,16). The van der Waals surface area contributed by atoms with Gasteiger partial charge >= 0.3 is 0 Å². The number of hydrogen-bond acceptors (Lipinski definition) is 3. The van der Waals surface area contributed by atoms with Gasteiger partial charge in [-0.1, -0.05) is 27.5 Å². The molecule has 0 radical (unpaired) electrons. The van der Waals surface area contributed by atoms with E-state index in [1.165, 1.54) is 12.7 Å². The molecule has 1 saturated carbocycles. The van der Waals surface area contributed by atoms with Gasteiger partial charge in [-0.25, -0.2) is 4.98 Å². The van der Waals surface area contributed by atoms with Crippen molar-refractivity contribution < 1.29 is 0 Å². The third-order valence-corrected chi connectivity index (χ3v) is 3.59. The number of rotatable bonds is 4. The Hall–Kier alpha value is -0.550. The molecule has 1 aliphatic rings. The molecule has 1 N–H and O–H groups in total. The number of nitrogens with one attached hydrogen (secondary N) is 1. The Morgan fingerprint density at radius 1 is 1.62 bits per heavy atom. The molecule has 0 atom stereocenters. The van der Waals surface area contributed by atoms with Crippen LogP contribution in [0, 0.1) is 0 Å². The van der Waals surface area contributed by atoms with Crippen LogP contribution in [0.3, 0.4) is 0 Å². The van der Waals surface area contributed by atoms with Crippen molar-refractivity contribution in [2.75, 3.05) is 16.8 Å². The molecule has 4 nitrogen and oxygen atoms in total. The van der Waals surface area contributed by atoms with Crippen LogP contribution in [-0.2, 0) is 0 Å². The molecule has 16 heavy (non-hydrogen) atoms. The summed E-state index contributed by atoms with van der Waals surface area (Å²) in [6, 6.07) is 0.476. The van der Waals surface area contributed by atoms with Gasteiger partial charge in [0.2, 0.25) is 0 Å². The smallest absolute Gasteiger partial charge is 0.271 e. The van der Waals surface area contributed by atoms with Crippen LogP contribution in [0.2, 0.25) is 5.02 Å². The van der Waals surface area contributed by atoms with Crippen molar-refractivity contribution in [3.8, 4) is 0 Å². The summed E-state index contributed by atoms with van der Waals surface area (Å²) >= 11 is 9.40. The first-order valence-electron chi connectivity index (χ1n) is 5.30. The predicted molar refractivity (Wildman–Crippen MR) is 68.6 cm³/mol. The van der Waals surface area contributed by atoms with Crippen LogP contribution in [0.25, 0.3) is 0 Å². The van der Waals surface area contributed by atoms with Gasteiger partial charge in [0.05, 0.1) is 6.33 Å². The Bertz CT molecular complexity index is 419. The summed E-state index contributed by atoms with van der Waals surface area (Å²) in [7, 11) is 0. The van der Waals surface area contributed by atoms with Crippen LogP contribution in [-0.4, -0.2) is 27.9 Å². The molecule has 1 aromatic heterocycles. The van der Waals surface area contributed by atoms with Crippen molar-refractivity contribution >= 4 is 33.3 Å². The zero-order valence-electron chi connectivity index (χ0n) is 8.75. The van der Waals surface area contributed by atoms with Crippen LogP contribution >= 0.6 is 27.5 Å². The van der Waals surface area contributed by atoms with E-state index in [1.807, 2.05) is 0 Å². The quantitative estimate of drug-likeness (QED) is 0.867. The Kier molecular flexibility index (Phi) is 3.86. The first kappa shape index (κ1) is 11.9. The Balaban J connectivity index is 2.30. The van der Waals surface area contributed by atoms with Gasteiger partial charge in [0.1, 0.15) is 5.02 Å². The van der Waals surface area contributed by atoms with Crippen LogP contribution in [0.5, 0.6) is 0 Å². The third kappa shape index (κ3) is 2.25. The monoisotopic (exact) mass is 305 g/mol. The van der Waals surface area contributed by atoms with Crippen LogP contribution in [0.1, 0.15) is 19.3 Å². The third-order valence-electron chi connectivity index (χ3n) is 2.89. The number of nitrogens with zero attached hydrogens (tertiary/aromatic N) is 2. The molecule has 2 rings (SSSR count). The van der Waals surface area contributed by atoms with E-state index >= 15 is 0 Å². The lowest BCUT2D eigenvalue weighted by molar-refractivity contribution is 0.389. The number of aromatic nitrogens is 2. The summed E-state index contributed by atoms with van der Waals surface area (Å²) in [5.74, 6) is 0.606. The molecule has 0 unspecified atom stereocenters. The molecular formula is C10H13BrClN3O. The first-order valence-corrected chi connectivity index (χ1v) is 6.79. The second-order valence-electron chi connectivity index (χ2n) is 3.84. The number of aromatic amines is 1. The van der Waals surface area contributed by atoms with Crippen LogP contribution in [0.15, 0.2) is 11.1 Å². The summed E-state index contributed by atoms with van der Waals surface area (Å²) in [5, 5.41) is 1.03. The topological polar surface area (TPSA) is 49.0 Å². The summed E-state index contributed by atoms with van der Waals surface area (Å²) in [4.78, 5) is 20.2. The normalized spacial score (nSPS) is 15.9. The van der Waals surface area contributed by atoms with Crippen molar-refractivity contribution in [1.29, 1.82) is 0 Å². The highest BCUT2D eigenvalue weighted by molar-refractivity contribution is 9.09. The van der Waals surface area contributed by atoms with Crippen molar-refractivity contribution in [3.63, 3.8) is 0 Å². The van der Waals surface area contributed by atoms with Crippen molar-refractivity contribution in [2.45, 2.75) is 25.3 Å². The van der Waals surface area contributed by atoms with Gasteiger partial charge in [0.25, 0.3) is 5.56 Å². The highest BCUT2D eigenvalue weighted by atomic mass is 79.9. The molecule has 6 heteroatoms. The number of halogens is 2. The minimum atomic E-state index is -0.273. The van der Waals surface area contributed by atoms with Gasteiger partial charge in [-0.05, 0) is 19.3 Å². The minimum absolute atomic E-state index is 0.190. The highest BCUT2D eigenvalue weighted by Crippen LogP contribution is 2.30. The SMILES string of the molecule is O=c1[nH]cnc(N(CCBr)C2CCC2)c1Cl. The van der Waals surface area contributed by atoms with E-state index in [-0.39, 0.29) is 10.6 Å². The Morgan fingerprint density at radius 3 is 2.94 bits per heavy atom. The fraction of sp³-hybridized carbons (Fsp3) is 0.600. The molecule has 88 valence electrons. The van der Waals surface area contributed by atoms with E-state index in [0.29, 0.717) is 11.9 Å². The molecule has 1 fully saturated rings. The lowest BCUT2D eigenvalue weighted by atomic mass is 9.91. The molecule has 0 amide bonds. The summed E-state index contributed by atoms with van der Waals surface area (Å²) in [6.45, 7) is 0.820. The Labute approximate surface area is 107 Å². The van der Waals surface area contributed by atoms with Gasteiger partial charge in [-0.3, -0.25) is 4.79 Å². The zero-order valence-corrected chi connectivity index (χ0v) is 11.1. The average molecular weight is 307 g/mol. The fourth-order valence-electron chi connectivity index (χ4n) is 1.82. The van der Waals surface area contributed by atoms with E-state index in [2.05, 4.69) is 30.8 Å². The van der Waals surface area contributed by atoms with Gasteiger partial charge in [0, 0.05) is 17.9 Å². The van der Waals surface area contributed by atoms with Gasteiger partial charge in [-0.15, -0.1) is 0 Å². The molecule has 1 aromatic rings. The van der Waals surface area contributed by atoms with E-state index < -0.39 is 0 Å². The number of hydrogen-bond donors (Lipinski definition) is 1. The maximum Gasteiger partial charge on any atom is 0.271 e. The fourth-order valence-corrected chi connectivity index (χ4v) is 2.42. The van der Waals surface area contributed by atoms with E-state index in [1.54, 1.807) is 0 Å². The van der Waals surface area contributed by atoms with Gasteiger partial charge in [-0.2, -0.15) is 0 Å². The maximum atomic E-state index is 11.4.